The van der Waals surface area contributed by atoms with Gasteiger partial charge in [-0.15, -0.1) is 5.06 Å². The SMILES string of the molecule is O=C(CCCOCCC(=O)ON1C(=O)CCC1=O)COc1ccccc1C1=Nc2ccccc2CC(=O)C1. The van der Waals surface area contributed by atoms with E-state index in [-0.39, 0.29) is 63.5 Å². The van der Waals surface area contributed by atoms with E-state index < -0.39 is 17.8 Å². The van der Waals surface area contributed by atoms with Gasteiger partial charge in [0.15, 0.2) is 5.78 Å². The predicted octanol–water partition coefficient (Wildman–Crippen LogP) is 3.06. The lowest BCUT2D eigenvalue weighted by Gasteiger charge is -2.13. The maximum absolute atomic E-state index is 12.5. The summed E-state index contributed by atoms with van der Waals surface area (Å²) in [4.78, 5) is 69.0. The van der Waals surface area contributed by atoms with Crippen LogP contribution < -0.4 is 4.74 Å². The minimum absolute atomic E-state index is 0.0366. The molecule has 0 bridgehead atoms. The van der Waals surface area contributed by atoms with Crippen LogP contribution in [0.25, 0.3) is 0 Å². The number of fused-ring (bicyclic) bond motifs is 1. The number of Topliss-reactive ketones (excluding diaryl/α,β-unsaturated/α-hetero) is 2. The third-order valence-electron chi connectivity index (χ3n) is 5.98. The van der Waals surface area contributed by atoms with Crippen LogP contribution in [0.4, 0.5) is 5.69 Å². The molecule has 1 fully saturated rings. The smallest absolute Gasteiger partial charge is 0.335 e. The van der Waals surface area contributed by atoms with Crippen LogP contribution in [0.1, 0.15) is 49.7 Å². The van der Waals surface area contributed by atoms with E-state index in [2.05, 4.69) is 0 Å². The fourth-order valence-corrected chi connectivity index (χ4v) is 4.07. The van der Waals surface area contributed by atoms with Crippen molar-refractivity contribution in [2.75, 3.05) is 19.8 Å². The number of ketones is 2. The zero-order chi connectivity index (χ0) is 26.9. The fraction of sp³-hybridized carbons (Fsp3) is 0.357. The number of carbonyl (C=O) groups excluding carboxylic acids is 5. The van der Waals surface area contributed by atoms with Crippen LogP contribution in [0.5, 0.6) is 5.75 Å². The monoisotopic (exact) mass is 520 g/mol. The van der Waals surface area contributed by atoms with Crippen molar-refractivity contribution in [3.63, 3.8) is 0 Å². The number of hydrogen-bond donors (Lipinski definition) is 0. The molecule has 2 heterocycles. The van der Waals surface area contributed by atoms with Crippen molar-refractivity contribution in [2.45, 2.75) is 44.9 Å². The van der Waals surface area contributed by atoms with Gasteiger partial charge < -0.3 is 14.3 Å². The lowest BCUT2D eigenvalue weighted by Crippen LogP contribution is -2.32. The van der Waals surface area contributed by atoms with Crippen LogP contribution in [0.2, 0.25) is 0 Å². The quantitative estimate of drug-likeness (QED) is 0.309. The molecule has 2 aliphatic heterocycles. The number of nitrogens with zero attached hydrogens (tertiary/aromatic N) is 2. The van der Waals surface area contributed by atoms with Crippen molar-refractivity contribution < 1.29 is 38.3 Å². The Morgan fingerprint density at radius 3 is 2.42 bits per heavy atom. The standard InChI is InChI=1S/C28H28N2O8/c31-20(7-5-14-36-15-13-28(35)38-30-26(33)11-12-27(30)34)18-37-25-10-4-2-8-22(25)24-17-21(32)16-19-6-1-3-9-23(19)29-24/h1-4,6,8-10H,5,7,11-18H2. The topological polar surface area (TPSA) is 129 Å². The van der Waals surface area contributed by atoms with Crippen LogP contribution in [0.3, 0.4) is 0 Å². The number of hydroxylamine groups is 2. The van der Waals surface area contributed by atoms with E-state index in [9.17, 15) is 24.0 Å². The van der Waals surface area contributed by atoms with Crippen molar-refractivity contribution in [3.8, 4) is 5.75 Å². The molecule has 2 aromatic rings. The third kappa shape index (κ3) is 7.19. The molecule has 38 heavy (non-hydrogen) atoms. The molecule has 0 unspecified atom stereocenters. The second kappa shape index (κ2) is 12.9. The van der Waals surface area contributed by atoms with Crippen LogP contribution in [0.15, 0.2) is 53.5 Å². The molecule has 2 aromatic carbocycles. The van der Waals surface area contributed by atoms with Gasteiger partial charge in [-0.05, 0) is 30.2 Å². The molecule has 198 valence electrons. The van der Waals surface area contributed by atoms with E-state index in [1.807, 2.05) is 36.4 Å². The van der Waals surface area contributed by atoms with Gasteiger partial charge in [0.1, 0.15) is 18.1 Å². The van der Waals surface area contributed by atoms with Gasteiger partial charge in [-0.1, -0.05) is 30.3 Å². The number of aliphatic imine (C=N–C) groups is 1. The molecule has 2 amide bonds. The van der Waals surface area contributed by atoms with E-state index in [1.165, 1.54) is 0 Å². The van der Waals surface area contributed by atoms with Gasteiger partial charge in [0, 0.05) is 44.3 Å². The second-order valence-corrected chi connectivity index (χ2v) is 8.91. The number of rotatable bonds is 12. The maximum atomic E-state index is 12.5. The zero-order valence-electron chi connectivity index (χ0n) is 20.9. The minimum atomic E-state index is -0.736. The Bertz CT molecular complexity index is 1250. The van der Waals surface area contributed by atoms with Crippen molar-refractivity contribution in [2.24, 2.45) is 4.99 Å². The number of benzene rings is 2. The van der Waals surface area contributed by atoms with Crippen LogP contribution >= 0.6 is 0 Å². The Labute approximate surface area is 219 Å². The first-order chi connectivity index (χ1) is 18.4. The van der Waals surface area contributed by atoms with Gasteiger partial charge >= 0.3 is 5.97 Å². The Kier molecular flexibility index (Phi) is 9.10. The molecule has 0 spiro atoms. The summed E-state index contributed by atoms with van der Waals surface area (Å²) in [7, 11) is 0. The van der Waals surface area contributed by atoms with Crippen LogP contribution in [-0.4, -0.2) is 59.9 Å². The largest absolute Gasteiger partial charge is 0.485 e. The first-order valence-corrected chi connectivity index (χ1v) is 12.5. The van der Waals surface area contributed by atoms with E-state index in [4.69, 9.17) is 19.3 Å². The summed E-state index contributed by atoms with van der Waals surface area (Å²) >= 11 is 0. The summed E-state index contributed by atoms with van der Waals surface area (Å²) in [6.45, 7) is 0.144. The molecule has 0 saturated carbocycles. The Morgan fingerprint density at radius 1 is 0.868 bits per heavy atom. The normalized spacial score (nSPS) is 15.1. The summed E-state index contributed by atoms with van der Waals surface area (Å²) in [5, 5.41) is 0.498. The summed E-state index contributed by atoms with van der Waals surface area (Å²) < 4.78 is 11.2. The average molecular weight is 521 g/mol. The highest BCUT2D eigenvalue weighted by Gasteiger charge is 2.32. The predicted molar refractivity (Wildman–Crippen MR) is 135 cm³/mol. The van der Waals surface area contributed by atoms with Crippen LogP contribution in [0, 0.1) is 0 Å². The van der Waals surface area contributed by atoms with E-state index >= 15 is 0 Å². The summed E-state index contributed by atoms with van der Waals surface area (Å²) in [5.41, 5.74) is 2.92. The number of para-hydroxylation sites is 2. The molecule has 0 atom stereocenters. The number of imide groups is 1. The summed E-state index contributed by atoms with van der Waals surface area (Å²) in [6, 6.07) is 14.7. The second-order valence-electron chi connectivity index (χ2n) is 8.91. The number of ether oxygens (including phenoxy) is 2. The lowest BCUT2D eigenvalue weighted by atomic mass is 10.0. The first kappa shape index (κ1) is 26.9. The van der Waals surface area contributed by atoms with Crippen molar-refractivity contribution in [3.05, 3.63) is 59.7 Å². The number of hydrogen-bond acceptors (Lipinski definition) is 9. The highest BCUT2D eigenvalue weighted by Crippen LogP contribution is 2.28. The molecular weight excluding hydrogens is 492 g/mol. The molecule has 0 radical (unpaired) electrons. The molecule has 0 aromatic heterocycles. The molecule has 4 rings (SSSR count). The van der Waals surface area contributed by atoms with Gasteiger partial charge in [0.25, 0.3) is 11.8 Å². The van der Waals surface area contributed by atoms with Gasteiger partial charge in [-0.25, -0.2) is 4.79 Å². The maximum Gasteiger partial charge on any atom is 0.335 e. The molecule has 0 N–H and O–H groups in total. The van der Waals surface area contributed by atoms with Crippen molar-refractivity contribution in [1.82, 2.24) is 5.06 Å². The lowest BCUT2D eigenvalue weighted by molar-refractivity contribution is -0.198. The van der Waals surface area contributed by atoms with Crippen LogP contribution in [-0.2, 0) is 40.0 Å². The highest BCUT2D eigenvalue weighted by molar-refractivity contribution is 6.14. The van der Waals surface area contributed by atoms with Gasteiger partial charge in [0.2, 0.25) is 0 Å². The first-order valence-electron chi connectivity index (χ1n) is 12.5. The molecule has 10 nitrogen and oxygen atoms in total. The molecular formula is C28H28N2O8. The number of carbonyl (C=O) groups is 5. The molecule has 1 saturated heterocycles. The fourth-order valence-electron chi connectivity index (χ4n) is 4.07. The molecule has 10 heteroatoms. The Hall–Kier alpha value is -4.18. The average Bonchev–Trinajstić information content (AvgIpc) is 3.11. The minimum Gasteiger partial charge on any atom is -0.485 e. The third-order valence-corrected chi connectivity index (χ3v) is 5.98. The van der Waals surface area contributed by atoms with Crippen molar-refractivity contribution in [1.29, 1.82) is 0 Å². The van der Waals surface area contributed by atoms with Gasteiger partial charge in [0.05, 0.1) is 24.4 Å². The Balaban J connectivity index is 1.20. The summed E-state index contributed by atoms with van der Waals surface area (Å²) in [5.74, 6) is -1.39. The Morgan fingerprint density at radius 2 is 1.61 bits per heavy atom. The van der Waals surface area contributed by atoms with Crippen molar-refractivity contribution >= 4 is 40.7 Å². The molecule has 0 aliphatic carbocycles. The van der Waals surface area contributed by atoms with Gasteiger partial charge in [-0.2, -0.15) is 0 Å². The van der Waals surface area contributed by atoms with E-state index in [0.717, 1.165) is 11.3 Å². The zero-order valence-corrected chi connectivity index (χ0v) is 20.9. The molecule has 2 aliphatic rings. The van der Waals surface area contributed by atoms with E-state index in [1.54, 1.807) is 12.1 Å². The van der Waals surface area contributed by atoms with Gasteiger partial charge in [-0.3, -0.25) is 24.2 Å². The van der Waals surface area contributed by atoms with E-state index in [0.29, 0.717) is 34.9 Å². The highest BCUT2D eigenvalue weighted by atomic mass is 16.7. The summed E-state index contributed by atoms with van der Waals surface area (Å²) in [6.07, 6.45) is 1.10. The number of amides is 2.